The minimum atomic E-state index is -3.85. The molecule has 0 aliphatic carbocycles. The maximum atomic E-state index is 13.6. The minimum Gasteiger partial charge on any atom is -0.377 e. The minimum absolute atomic E-state index is 0.0256. The number of pyridine rings is 1. The van der Waals surface area contributed by atoms with Gasteiger partial charge in [0.25, 0.3) is 5.56 Å². The summed E-state index contributed by atoms with van der Waals surface area (Å²) in [5.41, 5.74) is 2.92. The fourth-order valence-electron chi connectivity index (χ4n) is 3.98. The lowest BCUT2D eigenvalue weighted by atomic mass is 10.0. The van der Waals surface area contributed by atoms with Crippen molar-refractivity contribution < 1.29 is 13.2 Å². The van der Waals surface area contributed by atoms with Crippen LogP contribution in [0.3, 0.4) is 0 Å². The first-order valence-corrected chi connectivity index (χ1v) is 12.5. The molecule has 0 saturated carbocycles. The lowest BCUT2D eigenvalue weighted by Crippen LogP contribution is -2.38. The van der Waals surface area contributed by atoms with Gasteiger partial charge < -0.3 is 9.72 Å². The first-order chi connectivity index (χ1) is 14.8. The van der Waals surface area contributed by atoms with Crippen molar-refractivity contribution in [1.82, 2.24) is 9.29 Å². The van der Waals surface area contributed by atoms with Crippen LogP contribution in [0.15, 0.2) is 56.6 Å². The molecule has 1 saturated heterocycles. The van der Waals surface area contributed by atoms with E-state index in [0.29, 0.717) is 16.6 Å². The summed E-state index contributed by atoms with van der Waals surface area (Å²) in [4.78, 5) is 16.0. The Morgan fingerprint density at radius 2 is 1.90 bits per heavy atom. The number of aromatic nitrogens is 1. The monoisotopic (exact) mass is 504 g/mol. The van der Waals surface area contributed by atoms with Gasteiger partial charge in [-0.3, -0.25) is 4.79 Å². The quantitative estimate of drug-likeness (QED) is 0.543. The van der Waals surface area contributed by atoms with Crippen LogP contribution in [0.25, 0.3) is 10.9 Å². The molecule has 0 spiro atoms. The molecule has 3 aromatic rings. The van der Waals surface area contributed by atoms with Gasteiger partial charge in [0, 0.05) is 35.1 Å². The van der Waals surface area contributed by atoms with Crippen molar-refractivity contribution in [3.8, 4) is 0 Å². The smallest absolute Gasteiger partial charge is 0.252 e. The molecule has 1 unspecified atom stereocenters. The van der Waals surface area contributed by atoms with Gasteiger partial charge >= 0.3 is 0 Å². The van der Waals surface area contributed by atoms with E-state index in [1.807, 2.05) is 32.0 Å². The fraction of sp³-hybridized carbons (Fsp3) is 0.348. The van der Waals surface area contributed by atoms with Crippen molar-refractivity contribution in [2.45, 2.75) is 44.2 Å². The number of ether oxygens (including phenoxy) is 1. The zero-order chi connectivity index (χ0) is 22.2. The van der Waals surface area contributed by atoms with Gasteiger partial charge in [-0.25, -0.2) is 8.42 Å². The van der Waals surface area contributed by atoms with Crippen molar-refractivity contribution in [3.63, 3.8) is 0 Å². The number of nitrogens with zero attached hydrogens (tertiary/aromatic N) is 1. The molecule has 1 N–H and O–H groups in total. The topological polar surface area (TPSA) is 79.5 Å². The SMILES string of the molecule is Cc1ccc(C)c2[nH]c(=O)c(CN(CC3CCCO3)S(=O)(=O)c3ccccc3Br)cc12. The molecule has 0 radical (unpaired) electrons. The Kier molecular flexibility index (Phi) is 6.35. The predicted molar refractivity (Wildman–Crippen MR) is 125 cm³/mol. The van der Waals surface area contributed by atoms with E-state index in [1.54, 1.807) is 24.3 Å². The lowest BCUT2D eigenvalue weighted by Gasteiger charge is -2.25. The van der Waals surface area contributed by atoms with Gasteiger partial charge in [-0.15, -0.1) is 0 Å². The van der Waals surface area contributed by atoms with Crippen LogP contribution in [0.4, 0.5) is 0 Å². The molecule has 2 heterocycles. The normalized spacial score (nSPS) is 17.0. The molecule has 8 heteroatoms. The van der Waals surface area contributed by atoms with E-state index in [-0.39, 0.29) is 29.6 Å². The maximum absolute atomic E-state index is 13.6. The summed E-state index contributed by atoms with van der Waals surface area (Å²) in [5, 5.41) is 0.921. The summed E-state index contributed by atoms with van der Waals surface area (Å²) in [6, 6.07) is 12.5. The van der Waals surface area contributed by atoms with E-state index in [0.717, 1.165) is 34.9 Å². The Labute approximate surface area is 190 Å². The highest BCUT2D eigenvalue weighted by atomic mass is 79.9. The van der Waals surface area contributed by atoms with Gasteiger partial charge in [0.2, 0.25) is 10.0 Å². The highest BCUT2D eigenvalue weighted by Gasteiger charge is 2.31. The Bertz CT molecular complexity index is 1280. The van der Waals surface area contributed by atoms with Gasteiger partial charge in [-0.05, 0) is 71.9 Å². The van der Waals surface area contributed by atoms with Crippen molar-refractivity contribution in [3.05, 3.63) is 74.0 Å². The van der Waals surface area contributed by atoms with Crippen LogP contribution in [-0.4, -0.2) is 37.0 Å². The van der Waals surface area contributed by atoms with E-state index in [9.17, 15) is 13.2 Å². The van der Waals surface area contributed by atoms with Crippen molar-refractivity contribution >= 4 is 36.9 Å². The average Bonchev–Trinajstić information content (AvgIpc) is 3.24. The molecule has 31 heavy (non-hydrogen) atoms. The van der Waals surface area contributed by atoms with Crippen LogP contribution in [0.1, 0.15) is 29.5 Å². The molecule has 6 nitrogen and oxygen atoms in total. The van der Waals surface area contributed by atoms with Crippen LogP contribution >= 0.6 is 15.9 Å². The molecular weight excluding hydrogens is 480 g/mol. The van der Waals surface area contributed by atoms with Crippen LogP contribution in [-0.2, 0) is 21.3 Å². The number of aromatic amines is 1. The summed E-state index contributed by atoms with van der Waals surface area (Å²) < 4.78 is 34.7. The number of hydrogen-bond donors (Lipinski definition) is 1. The molecule has 1 aliphatic rings. The first-order valence-electron chi connectivity index (χ1n) is 10.3. The standard InChI is InChI=1S/C23H25BrN2O4S/c1-15-9-10-16(2)22-19(15)12-17(23(27)25-22)13-26(14-18-6-5-11-30-18)31(28,29)21-8-4-3-7-20(21)24/h3-4,7-10,12,18H,5-6,11,13-14H2,1-2H3,(H,25,27). The Morgan fingerprint density at radius 3 is 2.61 bits per heavy atom. The van der Waals surface area contributed by atoms with Gasteiger partial charge in [0.05, 0.1) is 16.5 Å². The molecule has 4 rings (SSSR count). The number of nitrogens with one attached hydrogen (secondary N) is 1. The zero-order valence-corrected chi connectivity index (χ0v) is 19.9. The largest absolute Gasteiger partial charge is 0.377 e. The van der Waals surface area contributed by atoms with E-state index in [1.165, 1.54) is 4.31 Å². The van der Waals surface area contributed by atoms with Crippen molar-refractivity contribution in [2.24, 2.45) is 0 Å². The van der Waals surface area contributed by atoms with Gasteiger partial charge in [-0.1, -0.05) is 24.3 Å². The zero-order valence-electron chi connectivity index (χ0n) is 17.5. The molecule has 0 bridgehead atoms. The highest BCUT2D eigenvalue weighted by molar-refractivity contribution is 9.10. The highest BCUT2D eigenvalue weighted by Crippen LogP contribution is 2.28. The maximum Gasteiger partial charge on any atom is 0.252 e. The Hall–Kier alpha value is -2.00. The lowest BCUT2D eigenvalue weighted by molar-refractivity contribution is 0.0925. The Balaban J connectivity index is 1.78. The molecule has 1 atom stereocenters. The number of sulfonamides is 1. The third-order valence-corrected chi connectivity index (χ3v) is 8.58. The van der Waals surface area contributed by atoms with Crippen LogP contribution in [0.5, 0.6) is 0 Å². The molecule has 0 amide bonds. The Morgan fingerprint density at radius 1 is 1.16 bits per heavy atom. The molecule has 1 fully saturated rings. The summed E-state index contributed by atoms with van der Waals surface area (Å²) in [6.07, 6.45) is 1.53. The van der Waals surface area contributed by atoms with Gasteiger partial charge in [-0.2, -0.15) is 4.31 Å². The number of fused-ring (bicyclic) bond motifs is 1. The van der Waals surface area contributed by atoms with E-state index in [4.69, 9.17) is 4.74 Å². The average molecular weight is 505 g/mol. The molecular formula is C23H25BrN2O4S. The number of aryl methyl sites for hydroxylation is 2. The summed E-state index contributed by atoms with van der Waals surface area (Å²) in [7, 11) is -3.85. The molecule has 1 aliphatic heterocycles. The van der Waals surface area contributed by atoms with Crippen LogP contribution in [0, 0.1) is 13.8 Å². The fourth-order valence-corrected chi connectivity index (χ4v) is 6.39. The van der Waals surface area contributed by atoms with Crippen LogP contribution < -0.4 is 5.56 Å². The number of H-pyrrole nitrogens is 1. The summed E-state index contributed by atoms with van der Waals surface area (Å²) >= 11 is 3.36. The van der Waals surface area contributed by atoms with Gasteiger partial charge in [0.15, 0.2) is 0 Å². The first kappa shape index (κ1) is 22.2. The molecule has 1 aromatic heterocycles. The number of halogens is 1. The third-order valence-electron chi connectivity index (χ3n) is 5.75. The van der Waals surface area contributed by atoms with Gasteiger partial charge in [0.1, 0.15) is 0 Å². The third kappa shape index (κ3) is 4.48. The summed E-state index contributed by atoms with van der Waals surface area (Å²) in [5.74, 6) is 0. The van der Waals surface area contributed by atoms with Crippen molar-refractivity contribution in [1.29, 1.82) is 0 Å². The molecule has 2 aromatic carbocycles. The summed E-state index contributed by atoms with van der Waals surface area (Å²) in [6.45, 7) is 4.73. The second-order valence-corrected chi connectivity index (χ2v) is 10.7. The number of benzene rings is 2. The van der Waals surface area contributed by atoms with E-state index >= 15 is 0 Å². The number of rotatable bonds is 6. The number of hydrogen-bond acceptors (Lipinski definition) is 4. The van der Waals surface area contributed by atoms with E-state index in [2.05, 4.69) is 20.9 Å². The second kappa shape index (κ2) is 8.86. The predicted octanol–water partition coefficient (Wildman–Crippen LogP) is 4.28. The van der Waals surface area contributed by atoms with E-state index < -0.39 is 10.0 Å². The second-order valence-electron chi connectivity index (χ2n) is 7.97. The van der Waals surface area contributed by atoms with Crippen LogP contribution in [0.2, 0.25) is 0 Å². The van der Waals surface area contributed by atoms with Crippen molar-refractivity contribution in [2.75, 3.05) is 13.2 Å². The molecule has 164 valence electrons.